The molecule has 0 amide bonds. The van der Waals surface area contributed by atoms with Crippen LogP contribution in [-0.4, -0.2) is 19.3 Å². The molecule has 0 saturated carbocycles. The summed E-state index contributed by atoms with van der Waals surface area (Å²) in [5.74, 6) is 1.02. The summed E-state index contributed by atoms with van der Waals surface area (Å²) in [6.07, 6.45) is 1.19. The van der Waals surface area contributed by atoms with E-state index in [1.807, 2.05) is 6.07 Å². The molecule has 1 atom stereocenters. The topological polar surface area (TPSA) is 29.5 Å². The van der Waals surface area contributed by atoms with Gasteiger partial charge in [-0.2, -0.15) is 0 Å². The van der Waals surface area contributed by atoms with E-state index in [1.165, 1.54) is 11.1 Å². The molecule has 1 unspecified atom stereocenters. The van der Waals surface area contributed by atoms with E-state index in [9.17, 15) is 5.11 Å². The Morgan fingerprint density at radius 2 is 1.89 bits per heavy atom. The first-order valence-electron chi connectivity index (χ1n) is 7.09. The number of fused-ring (bicyclic) bond motifs is 1. The molecule has 19 heavy (non-hydrogen) atoms. The zero-order chi connectivity index (χ0) is 14.4. The SMILES string of the molecule is CC(C)(C)c1cc(O)c2c(c1)CC(C[Si](C)(C)C)O2. The van der Waals surface area contributed by atoms with Crippen molar-refractivity contribution in [1.29, 1.82) is 0 Å². The number of rotatable bonds is 2. The van der Waals surface area contributed by atoms with Gasteiger partial charge in [0.2, 0.25) is 0 Å². The highest BCUT2D eigenvalue weighted by molar-refractivity contribution is 6.76. The van der Waals surface area contributed by atoms with Crippen molar-refractivity contribution in [3.8, 4) is 11.5 Å². The quantitative estimate of drug-likeness (QED) is 0.816. The van der Waals surface area contributed by atoms with Gasteiger partial charge >= 0.3 is 0 Å². The van der Waals surface area contributed by atoms with Gasteiger partial charge in [0.05, 0.1) is 0 Å². The second-order valence-electron chi connectivity index (χ2n) is 7.94. The molecule has 1 N–H and O–H groups in total. The van der Waals surface area contributed by atoms with Crippen molar-refractivity contribution in [3.63, 3.8) is 0 Å². The molecule has 1 aliphatic heterocycles. The molecule has 0 radical (unpaired) electrons. The van der Waals surface area contributed by atoms with Crippen LogP contribution in [0, 0.1) is 0 Å². The summed E-state index contributed by atoms with van der Waals surface area (Å²) >= 11 is 0. The van der Waals surface area contributed by atoms with Crippen molar-refractivity contribution < 1.29 is 9.84 Å². The molecule has 2 nitrogen and oxygen atoms in total. The molecule has 1 heterocycles. The molecular weight excluding hydrogens is 252 g/mol. The predicted molar refractivity (Wildman–Crippen MR) is 83.1 cm³/mol. The Balaban J connectivity index is 2.26. The monoisotopic (exact) mass is 278 g/mol. The smallest absolute Gasteiger partial charge is 0.164 e. The normalized spacial score (nSPS) is 19.2. The van der Waals surface area contributed by atoms with E-state index in [4.69, 9.17) is 4.74 Å². The van der Waals surface area contributed by atoms with E-state index in [1.54, 1.807) is 0 Å². The maximum atomic E-state index is 10.2. The third kappa shape index (κ3) is 3.33. The molecule has 0 saturated heterocycles. The van der Waals surface area contributed by atoms with Crippen LogP contribution in [0.15, 0.2) is 12.1 Å². The lowest BCUT2D eigenvalue weighted by molar-refractivity contribution is 0.243. The van der Waals surface area contributed by atoms with Crippen LogP contribution >= 0.6 is 0 Å². The number of benzene rings is 1. The lowest BCUT2D eigenvalue weighted by Gasteiger charge is -2.21. The Morgan fingerprint density at radius 3 is 2.42 bits per heavy atom. The maximum absolute atomic E-state index is 10.2. The average molecular weight is 278 g/mol. The van der Waals surface area contributed by atoms with Gasteiger partial charge in [-0.05, 0) is 23.1 Å². The Kier molecular flexibility index (Phi) is 3.46. The fourth-order valence-electron chi connectivity index (χ4n) is 2.64. The molecule has 0 aliphatic carbocycles. The predicted octanol–water partition coefficient (Wildman–Crippen LogP) is 4.33. The minimum atomic E-state index is -1.14. The molecule has 0 spiro atoms. The van der Waals surface area contributed by atoms with E-state index in [0.717, 1.165) is 18.2 Å². The fraction of sp³-hybridized carbons (Fsp3) is 0.625. The summed E-state index contributed by atoms with van der Waals surface area (Å²) in [7, 11) is -1.14. The highest BCUT2D eigenvalue weighted by atomic mass is 28.3. The molecule has 3 heteroatoms. The van der Waals surface area contributed by atoms with Crippen molar-refractivity contribution in [2.45, 2.75) is 64.4 Å². The van der Waals surface area contributed by atoms with E-state index in [-0.39, 0.29) is 11.5 Å². The summed E-state index contributed by atoms with van der Waals surface area (Å²) in [5.41, 5.74) is 2.41. The Labute approximate surface area is 117 Å². The number of hydrogen-bond acceptors (Lipinski definition) is 2. The van der Waals surface area contributed by atoms with Crippen LogP contribution in [0.2, 0.25) is 25.7 Å². The zero-order valence-electron chi connectivity index (χ0n) is 13.0. The first kappa shape index (κ1) is 14.4. The lowest BCUT2D eigenvalue weighted by Crippen LogP contribution is -2.29. The van der Waals surface area contributed by atoms with Gasteiger partial charge in [-0.25, -0.2) is 0 Å². The van der Waals surface area contributed by atoms with Crippen molar-refractivity contribution in [2.24, 2.45) is 0 Å². The van der Waals surface area contributed by atoms with E-state index in [0.29, 0.717) is 5.75 Å². The fourth-order valence-corrected chi connectivity index (χ4v) is 4.24. The molecule has 1 aromatic rings. The molecule has 106 valence electrons. The highest BCUT2D eigenvalue weighted by Crippen LogP contribution is 2.42. The molecule has 0 bridgehead atoms. The Morgan fingerprint density at radius 1 is 1.26 bits per heavy atom. The van der Waals surface area contributed by atoms with E-state index < -0.39 is 8.07 Å². The van der Waals surface area contributed by atoms with Crippen LogP contribution in [-0.2, 0) is 11.8 Å². The van der Waals surface area contributed by atoms with Gasteiger partial charge < -0.3 is 9.84 Å². The standard InChI is InChI=1S/C16H26O2Si/c1-16(2,3)12-7-11-8-13(10-19(4,5)6)18-15(11)14(17)9-12/h7,9,13,17H,8,10H2,1-6H3. The summed E-state index contributed by atoms with van der Waals surface area (Å²) in [4.78, 5) is 0. The molecule has 2 rings (SSSR count). The van der Waals surface area contributed by atoms with Crippen molar-refractivity contribution in [3.05, 3.63) is 23.3 Å². The second kappa shape index (κ2) is 4.55. The largest absolute Gasteiger partial charge is 0.504 e. The molecule has 0 aromatic heterocycles. The minimum Gasteiger partial charge on any atom is -0.504 e. The van der Waals surface area contributed by atoms with Gasteiger partial charge in [-0.1, -0.05) is 46.5 Å². The van der Waals surface area contributed by atoms with E-state index >= 15 is 0 Å². The van der Waals surface area contributed by atoms with Gasteiger partial charge in [0, 0.05) is 20.1 Å². The van der Waals surface area contributed by atoms with Crippen molar-refractivity contribution in [2.75, 3.05) is 0 Å². The zero-order valence-corrected chi connectivity index (χ0v) is 14.0. The first-order valence-corrected chi connectivity index (χ1v) is 10.8. The number of phenolic OH excluding ortho intramolecular Hbond substituents is 1. The average Bonchev–Trinajstić information content (AvgIpc) is 2.56. The number of ether oxygens (including phenoxy) is 1. The van der Waals surface area contributed by atoms with Gasteiger partial charge in [0.25, 0.3) is 0 Å². The summed E-state index contributed by atoms with van der Waals surface area (Å²) < 4.78 is 5.97. The number of phenols is 1. The Bertz CT molecular complexity index is 481. The maximum Gasteiger partial charge on any atom is 0.164 e. The third-order valence-corrected chi connectivity index (χ3v) is 5.26. The van der Waals surface area contributed by atoms with Crippen molar-refractivity contribution >= 4 is 8.07 Å². The van der Waals surface area contributed by atoms with Gasteiger partial charge in [-0.3, -0.25) is 0 Å². The third-order valence-electron chi connectivity index (χ3n) is 3.58. The van der Waals surface area contributed by atoms with Crippen molar-refractivity contribution in [1.82, 2.24) is 0 Å². The van der Waals surface area contributed by atoms with Gasteiger partial charge in [0.1, 0.15) is 6.10 Å². The van der Waals surface area contributed by atoms with Gasteiger partial charge in [-0.15, -0.1) is 0 Å². The number of hydrogen-bond donors (Lipinski definition) is 1. The van der Waals surface area contributed by atoms with Crippen LogP contribution in [0.3, 0.4) is 0 Å². The second-order valence-corrected chi connectivity index (χ2v) is 13.5. The number of aromatic hydroxyl groups is 1. The van der Waals surface area contributed by atoms with Crippen LogP contribution in [0.4, 0.5) is 0 Å². The Hall–Kier alpha value is -0.963. The molecule has 0 fully saturated rings. The first-order chi connectivity index (χ1) is 8.56. The van der Waals surface area contributed by atoms with Gasteiger partial charge in [0.15, 0.2) is 11.5 Å². The highest BCUT2D eigenvalue weighted by Gasteiger charge is 2.31. The summed E-state index contributed by atoms with van der Waals surface area (Å²) in [6, 6.07) is 5.21. The van der Waals surface area contributed by atoms with Crippen LogP contribution in [0.1, 0.15) is 31.9 Å². The summed E-state index contributed by atoms with van der Waals surface area (Å²) in [5, 5.41) is 10.2. The molecule has 1 aliphatic rings. The summed E-state index contributed by atoms with van der Waals surface area (Å²) in [6.45, 7) is 13.6. The molecule has 1 aromatic carbocycles. The van der Waals surface area contributed by atoms with Crippen LogP contribution < -0.4 is 4.74 Å². The van der Waals surface area contributed by atoms with Crippen LogP contribution in [0.5, 0.6) is 11.5 Å². The molecular formula is C16H26O2Si. The minimum absolute atomic E-state index is 0.0589. The van der Waals surface area contributed by atoms with Crippen LogP contribution in [0.25, 0.3) is 0 Å². The lowest BCUT2D eigenvalue weighted by atomic mass is 9.85. The van der Waals surface area contributed by atoms with E-state index in [2.05, 4.69) is 46.5 Å².